The van der Waals surface area contributed by atoms with E-state index in [0.29, 0.717) is 5.56 Å². The Morgan fingerprint density at radius 2 is 2.12 bits per heavy atom. The predicted octanol–water partition coefficient (Wildman–Crippen LogP) is 3.47. The minimum atomic E-state index is -0.319. The van der Waals surface area contributed by atoms with E-state index in [1.54, 1.807) is 12.1 Å². The summed E-state index contributed by atoms with van der Waals surface area (Å²) in [5.41, 5.74) is 0.793. The predicted molar refractivity (Wildman–Crippen MR) is 66.5 cm³/mol. The van der Waals surface area contributed by atoms with Gasteiger partial charge in [0.15, 0.2) is 0 Å². The number of phenols is 1. The van der Waals surface area contributed by atoms with Crippen LogP contribution in [0.1, 0.15) is 45.2 Å². The molecule has 1 heterocycles. The zero-order valence-corrected chi connectivity index (χ0v) is 10.7. The lowest BCUT2D eigenvalue weighted by molar-refractivity contribution is 0.123. The molecule has 0 amide bonds. The van der Waals surface area contributed by atoms with E-state index in [0.717, 1.165) is 19.4 Å². The van der Waals surface area contributed by atoms with Crippen molar-refractivity contribution >= 4 is 0 Å². The molecule has 1 atom stereocenters. The van der Waals surface area contributed by atoms with E-state index in [1.165, 1.54) is 6.07 Å². The fraction of sp³-hybridized carbons (Fsp3) is 0.571. The molecule has 0 bridgehead atoms. The summed E-state index contributed by atoms with van der Waals surface area (Å²) >= 11 is 0. The highest BCUT2D eigenvalue weighted by molar-refractivity contribution is 5.30. The summed E-state index contributed by atoms with van der Waals surface area (Å²) in [6.07, 6.45) is 2.31. The van der Waals surface area contributed by atoms with Crippen molar-refractivity contribution in [2.75, 3.05) is 6.54 Å². The molecule has 2 rings (SSSR count). The summed E-state index contributed by atoms with van der Waals surface area (Å²) in [5.74, 6) is -0.334. The molecule has 1 aliphatic heterocycles. The Bertz CT molecular complexity index is 417. The van der Waals surface area contributed by atoms with Crippen LogP contribution in [0.15, 0.2) is 18.2 Å². The SMILES string of the molecule is CC(c1ccc(O)cc1F)N1CCCC1(C)C. The van der Waals surface area contributed by atoms with Crippen LogP contribution in [0.25, 0.3) is 0 Å². The van der Waals surface area contributed by atoms with E-state index in [1.807, 2.05) is 6.92 Å². The number of aromatic hydroxyl groups is 1. The Morgan fingerprint density at radius 1 is 1.41 bits per heavy atom. The Hall–Kier alpha value is -1.09. The third kappa shape index (κ3) is 2.29. The van der Waals surface area contributed by atoms with Crippen molar-refractivity contribution in [2.24, 2.45) is 0 Å². The van der Waals surface area contributed by atoms with Crippen LogP contribution in [-0.4, -0.2) is 22.1 Å². The van der Waals surface area contributed by atoms with Gasteiger partial charge in [0.2, 0.25) is 0 Å². The molecule has 0 aromatic heterocycles. The molecule has 1 aromatic rings. The van der Waals surface area contributed by atoms with E-state index < -0.39 is 0 Å². The van der Waals surface area contributed by atoms with Gasteiger partial charge in [-0.2, -0.15) is 0 Å². The van der Waals surface area contributed by atoms with Gasteiger partial charge in [-0.05, 0) is 46.2 Å². The van der Waals surface area contributed by atoms with Gasteiger partial charge in [-0.3, -0.25) is 4.90 Å². The highest BCUT2D eigenvalue weighted by Gasteiger charge is 2.36. The quantitative estimate of drug-likeness (QED) is 0.851. The number of likely N-dealkylation sites (tertiary alicyclic amines) is 1. The number of halogens is 1. The monoisotopic (exact) mass is 237 g/mol. The third-order valence-corrected chi connectivity index (χ3v) is 3.87. The zero-order chi connectivity index (χ0) is 12.6. The second-order valence-electron chi connectivity index (χ2n) is 5.49. The Morgan fingerprint density at radius 3 is 2.65 bits per heavy atom. The number of nitrogens with zero attached hydrogens (tertiary/aromatic N) is 1. The first-order chi connectivity index (χ1) is 7.92. The van der Waals surface area contributed by atoms with E-state index >= 15 is 0 Å². The molecule has 0 radical (unpaired) electrons. The number of phenolic OH excluding ortho intramolecular Hbond substituents is 1. The Kier molecular flexibility index (Phi) is 3.13. The van der Waals surface area contributed by atoms with Gasteiger partial charge in [0.1, 0.15) is 11.6 Å². The number of hydrogen-bond acceptors (Lipinski definition) is 2. The maximum absolute atomic E-state index is 13.8. The van der Waals surface area contributed by atoms with Crippen LogP contribution >= 0.6 is 0 Å². The van der Waals surface area contributed by atoms with Gasteiger partial charge in [-0.15, -0.1) is 0 Å². The first-order valence-corrected chi connectivity index (χ1v) is 6.17. The number of rotatable bonds is 2. The highest BCUT2D eigenvalue weighted by atomic mass is 19.1. The standard InChI is InChI=1S/C14H20FNO/c1-10(16-8-4-7-14(16,2)3)12-6-5-11(17)9-13(12)15/h5-6,9-10,17H,4,7-8H2,1-3H3. The molecule has 1 unspecified atom stereocenters. The minimum absolute atomic E-state index is 0.0147. The second kappa shape index (κ2) is 4.30. The summed E-state index contributed by atoms with van der Waals surface area (Å²) in [6.45, 7) is 7.45. The molecule has 0 spiro atoms. The average Bonchev–Trinajstić information content (AvgIpc) is 2.57. The lowest BCUT2D eigenvalue weighted by Crippen LogP contribution is -2.40. The molecule has 0 aliphatic carbocycles. The van der Waals surface area contributed by atoms with Crippen LogP contribution in [0, 0.1) is 5.82 Å². The van der Waals surface area contributed by atoms with Crippen molar-refractivity contribution < 1.29 is 9.50 Å². The maximum atomic E-state index is 13.8. The molecule has 1 aliphatic rings. The topological polar surface area (TPSA) is 23.5 Å². The second-order valence-corrected chi connectivity index (χ2v) is 5.49. The van der Waals surface area contributed by atoms with Crippen LogP contribution in [0.3, 0.4) is 0 Å². The molecular weight excluding hydrogens is 217 g/mol. The van der Waals surface area contributed by atoms with Crippen LogP contribution in [-0.2, 0) is 0 Å². The third-order valence-electron chi connectivity index (χ3n) is 3.87. The summed E-state index contributed by atoms with van der Waals surface area (Å²) in [5, 5.41) is 9.23. The summed E-state index contributed by atoms with van der Waals surface area (Å²) in [7, 11) is 0. The van der Waals surface area contributed by atoms with E-state index in [9.17, 15) is 9.50 Å². The number of benzene rings is 1. The lowest BCUT2D eigenvalue weighted by atomic mass is 9.98. The summed E-state index contributed by atoms with van der Waals surface area (Å²) in [4.78, 5) is 2.34. The van der Waals surface area contributed by atoms with Crippen molar-refractivity contribution in [3.63, 3.8) is 0 Å². The molecule has 1 aromatic carbocycles. The molecule has 94 valence electrons. The first-order valence-electron chi connectivity index (χ1n) is 6.17. The molecule has 1 saturated heterocycles. The van der Waals surface area contributed by atoms with Crippen molar-refractivity contribution in [2.45, 2.75) is 45.2 Å². The molecule has 3 heteroatoms. The van der Waals surface area contributed by atoms with E-state index in [4.69, 9.17) is 0 Å². The van der Waals surface area contributed by atoms with Crippen molar-refractivity contribution in [1.29, 1.82) is 0 Å². The molecular formula is C14H20FNO. The molecule has 2 nitrogen and oxygen atoms in total. The first kappa shape index (κ1) is 12.4. The van der Waals surface area contributed by atoms with Gasteiger partial charge >= 0.3 is 0 Å². The minimum Gasteiger partial charge on any atom is -0.508 e. The normalized spacial score (nSPS) is 21.6. The van der Waals surface area contributed by atoms with Gasteiger partial charge in [0.25, 0.3) is 0 Å². The summed E-state index contributed by atoms with van der Waals surface area (Å²) < 4.78 is 13.8. The highest BCUT2D eigenvalue weighted by Crippen LogP contribution is 2.37. The lowest BCUT2D eigenvalue weighted by Gasteiger charge is -2.37. The molecule has 17 heavy (non-hydrogen) atoms. The van der Waals surface area contributed by atoms with Crippen molar-refractivity contribution in [3.8, 4) is 5.75 Å². The van der Waals surface area contributed by atoms with Gasteiger partial charge in [0, 0.05) is 23.2 Å². The van der Waals surface area contributed by atoms with Gasteiger partial charge in [-0.25, -0.2) is 4.39 Å². The van der Waals surface area contributed by atoms with Gasteiger partial charge in [0.05, 0.1) is 0 Å². The molecule has 0 saturated carbocycles. The largest absolute Gasteiger partial charge is 0.508 e. The van der Waals surface area contributed by atoms with Crippen LogP contribution in [0.5, 0.6) is 5.75 Å². The Balaban J connectivity index is 2.28. The maximum Gasteiger partial charge on any atom is 0.131 e. The fourth-order valence-corrected chi connectivity index (χ4v) is 2.87. The number of hydrogen-bond donors (Lipinski definition) is 1. The van der Waals surface area contributed by atoms with Crippen molar-refractivity contribution in [3.05, 3.63) is 29.6 Å². The van der Waals surface area contributed by atoms with Gasteiger partial charge < -0.3 is 5.11 Å². The van der Waals surface area contributed by atoms with Crippen LogP contribution < -0.4 is 0 Å². The smallest absolute Gasteiger partial charge is 0.131 e. The Labute approximate surface area is 102 Å². The van der Waals surface area contributed by atoms with Crippen LogP contribution in [0.2, 0.25) is 0 Å². The summed E-state index contributed by atoms with van der Waals surface area (Å²) in [6, 6.07) is 4.48. The zero-order valence-electron chi connectivity index (χ0n) is 10.7. The van der Waals surface area contributed by atoms with E-state index in [-0.39, 0.29) is 23.1 Å². The van der Waals surface area contributed by atoms with Crippen molar-refractivity contribution in [1.82, 2.24) is 4.90 Å². The van der Waals surface area contributed by atoms with Crippen LogP contribution in [0.4, 0.5) is 4.39 Å². The average molecular weight is 237 g/mol. The fourth-order valence-electron chi connectivity index (χ4n) is 2.87. The molecule has 1 fully saturated rings. The molecule has 1 N–H and O–H groups in total. The van der Waals surface area contributed by atoms with E-state index in [2.05, 4.69) is 18.7 Å². The van der Waals surface area contributed by atoms with Gasteiger partial charge in [-0.1, -0.05) is 6.07 Å².